The predicted molar refractivity (Wildman–Crippen MR) is 281 cm³/mol. The molecule has 0 fully saturated rings. The van der Waals surface area contributed by atoms with Crippen molar-refractivity contribution in [3.8, 4) is 44.5 Å². The maximum absolute atomic E-state index is 3.86. The van der Waals surface area contributed by atoms with Gasteiger partial charge in [-0.3, -0.25) is 0 Å². The van der Waals surface area contributed by atoms with Gasteiger partial charge in [-0.2, -0.15) is 0 Å². The molecule has 8 radical (unpaired) electrons. The molecule has 6 rings (SSSR count). The Balaban J connectivity index is 0.000000602. The molecule has 6 aromatic carbocycles. The molecule has 0 aliphatic carbocycles. The van der Waals surface area contributed by atoms with Crippen LogP contribution in [0.15, 0.2) is 109 Å². The van der Waals surface area contributed by atoms with Crippen LogP contribution in [0.5, 0.6) is 0 Å². The molecule has 0 nitrogen and oxygen atoms in total. The van der Waals surface area contributed by atoms with Gasteiger partial charge in [-0.25, -0.2) is 0 Å². The first-order chi connectivity index (χ1) is 28.4. The number of rotatable bonds is 12. The highest BCUT2D eigenvalue weighted by Crippen LogP contribution is 2.42. The summed E-state index contributed by atoms with van der Waals surface area (Å²) < 4.78 is 0. The molecule has 0 saturated heterocycles. The molecule has 0 saturated carbocycles. The molecule has 0 unspecified atom stereocenters. The first-order valence-corrected chi connectivity index (χ1v) is 23.0. The molecule has 0 aliphatic heterocycles. The molecule has 62 heavy (non-hydrogen) atoms. The fourth-order valence-electron chi connectivity index (χ4n) is 8.97. The van der Waals surface area contributed by atoms with Crippen molar-refractivity contribution in [2.45, 2.75) is 158 Å². The molecule has 0 amide bonds. The lowest BCUT2D eigenvalue weighted by molar-refractivity contribution is 0.836. The van der Waals surface area contributed by atoms with E-state index in [2.05, 4.69) is 232 Å². The van der Waals surface area contributed by atoms with E-state index in [1.165, 1.54) is 89.0 Å². The maximum Gasteiger partial charge on any atom is 0 e. The van der Waals surface area contributed by atoms with Crippen molar-refractivity contribution in [1.29, 1.82) is 0 Å². The van der Waals surface area contributed by atoms with Gasteiger partial charge in [0, 0.05) is 37.6 Å². The fraction of sp³-hybridized carbons (Fsp3) is 0.400. The van der Waals surface area contributed by atoms with Crippen LogP contribution in [0.3, 0.4) is 0 Å². The molecule has 324 valence electrons. The van der Waals surface area contributed by atoms with Crippen LogP contribution < -0.4 is 0 Å². The highest BCUT2D eigenvalue weighted by molar-refractivity contribution is 5.81. The van der Waals surface area contributed by atoms with Gasteiger partial charge in [0.15, 0.2) is 0 Å². The minimum Gasteiger partial charge on any atom is -0.0617 e. The minimum absolute atomic E-state index is 0. The van der Waals surface area contributed by atoms with Gasteiger partial charge in [0.25, 0.3) is 0 Å². The smallest absolute Gasteiger partial charge is 0 e. The van der Waals surface area contributed by atoms with Gasteiger partial charge in [0.1, 0.15) is 0 Å². The molecule has 2 heteroatoms. The lowest BCUT2D eigenvalue weighted by Gasteiger charge is -2.22. The van der Waals surface area contributed by atoms with Gasteiger partial charge < -0.3 is 0 Å². The van der Waals surface area contributed by atoms with E-state index in [1.54, 1.807) is 0 Å². The molecule has 0 bridgehead atoms. The summed E-state index contributed by atoms with van der Waals surface area (Å²) in [5.74, 6) is 3.81. The van der Waals surface area contributed by atoms with E-state index >= 15 is 0 Å². The van der Waals surface area contributed by atoms with Crippen molar-refractivity contribution in [2.75, 3.05) is 0 Å². The Kier molecular flexibility index (Phi) is 19.9. The third-order valence-electron chi connectivity index (χ3n) is 12.2. The average molecular weight is 853 g/mol. The van der Waals surface area contributed by atoms with Crippen molar-refractivity contribution >= 4 is 34.7 Å². The van der Waals surface area contributed by atoms with Gasteiger partial charge in [-0.15, -0.1) is 0 Å². The molecular weight excluding hydrogens is 775 g/mol. The summed E-state index contributed by atoms with van der Waals surface area (Å²) >= 11 is 0. The van der Waals surface area contributed by atoms with Crippen LogP contribution in [0.2, 0.25) is 0 Å². The zero-order chi connectivity index (χ0) is 44.0. The first-order valence-electron chi connectivity index (χ1n) is 23.0. The second kappa shape index (κ2) is 23.4. The van der Waals surface area contributed by atoms with Gasteiger partial charge in [0.2, 0.25) is 0 Å². The van der Waals surface area contributed by atoms with Gasteiger partial charge in [-0.1, -0.05) is 220 Å². The van der Waals surface area contributed by atoms with Crippen molar-refractivity contribution in [3.05, 3.63) is 166 Å². The van der Waals surface area contributed by atoms with Crippen molar-refractivity contribution in [2.24, 2.45) is 0 Å². The Hall–Kier alpha value is -3.62. The normalized spacial score (nSPS) is 11.5. The molecule has 0 heterocycles. The van der Waals surface area contributed by atoms with E-state index in [9.17, 15) is 0 Å². The van der Waals surface area contributed by atoms with E-state index < -0.39 is 0 Å². The third-order valence-corrected chi connectivity index (χ3v) is 12.2. The Morgan fingerprint density at radius 3 is 0.500 bits per heavy atom. The van der Waals surface area contributed by atoms with Gasteiger partial charge >= 0.3 is 0 Å². The number of hydrogen-bond donors (Lipinski definition) is 0. The highest BCUT2D eigenvalue weighted by atomic mass is 27.0. The van der Waals surface area contributed by atoms with E-state index in [0.29, 0.717) is 47.3 Å². The summed E-state index contributed by atoms with van der Waals surface area (Å²) in [7, 11) is 0. The second-order valence-corrected chi connectivity index (χ2v) is 19.4. The van der Waals surface area contributed by atoms with Crippen LogP contribution >= 0.6 is 0 Å². The largest absolute Gasteiger partial charge is 0.0617 e. The molecular formula is C60H78Al2. The standard InChI is InChI=1S/2C30H37.2Al.2H2/c2*1-19(2)25-14-10-15-26(20(3)4)29(25)23-12-9-13-24(18-23)30-27(21(5)6)16-11-17-28(30)22(7)8;;;;/h2*9-17,19-22H,1-8H3;;;2*1H. The molecule has 0 atom stereocenters. The topological polar surface area (TPSA) is 0 Å². The molecule has 0 spiro atoms. The van der Waals surface area contributed by atoms with Crippen LogP contribution in [0.25, 0.3) is 44.5 Å². The monoisotopic (exact) mass is 853 g/mol. The van der Waals surface area contributed by atoms with Crippen molar-refractivity contribution < 1.29 is 2.85 Å². The summed E-state index contributed by atoms with van der Waals surface area (Å²) in [6, 6.07) is 48.2. The molecule has 0 N–H and O–H groups in total. The number of benzene rings is 6. The lowest BCUT2D eigenvalue weighted by atomic mass is 9.82. The SMILES string of the molecule is CC(C)c1cccc(C(C)C)c1-c1[c]c(-c2c(C(C)C)cccc2C(C)C)ccc1.CC(C)c1cccc(C(C)C)c1-c1[c]c(-c2c(C(C)C)cccc2C(C)C)ccc1.[Al].[Al].[HH].[HH]. The Morgan fingerprint density at radius 1 is 0.242 bits per heavy atom. The molecule has 6 aromatic rings. The zero-order valence-corrected chi connectivity index (χ0v) is 43.5. The van der Waals surface area contributed by atoms with E-state index in [1.807, 2.05) is 0 Å². The van der Waals surface area contributed by atoms with E-state index in [-0.39, 0.29) is 37.6 Å². The first kappa shape index (κ1) is 52.7. The summed E-state index contributed by atoms with van der Waals surface area (Å²) in [5.41, 5.74) is 21.7. The summed E-state index contributed by atoms with van der Waals surface area (Å²) in [6.07, 6.45) is 0. The quantitative estimate of drug-likeness (QED) is 0.108. The van der Waals surface area contributed by atoms with Crippen LogP contribution in [-0.4, -0.2) is 34.7 Å². The van der Waals surface area contributed by atoms with Crippen LogP contribution in [0.1, 0.15) is 205 Å². The Labute approximate surface area is 403 Å². The van der Waals surface area contributed by atoms with E-state index in [0.717, 1.165) is 0 Å². The van der Waals surface area contributed by atoms with Crippen LogP contribution in [0, 0.1) is 12.1 Å². The Morgan fingerprint density at radius 2 is 0.371 bits per heavy atom. The third kappa shape index (κ3) is 11.9. The predicted octanol–water partition coefficient (Wildman–Crippen LogP) is 18.4. The van der Waals surface area contributed by atoms with E-state index in [4.69, 9.17) is 0 Å². The minimum atomic E-state index is 0. The van der Waals surface area contributed by atoms with Gasteiger partial charge in [0.05, 0.1) is 0 Å². The summed E-state index contributed by atoms with van der Waals surface area (Å²) in [5, 5.41) is 0. The maximum atomic E-state index is 3.86. The van der Waals surface area contributed by atoms with Crippen molar-refractivity contribution in [1.82, 2.24) is 0 Å². The van der Waals surface area contributed by atoms with Crippen LogP contribution in [0.4, 0.5) is 0 Å². The molecule has 0 aromatic heterocycles. The average Bonchev–Trinajstić information content (AvgIpc) is 3.22. The zero-order valence-electron chi connectivity index (χ0n) is 41.2. The van der Waals surface area contributed by atoms with Crippen molar-refractivity contribution in [3.63, 3.8) is 0 Å². The fourth-order valence-corrected chi connectivity index (χ4v) is 8.97. The summed E-state index contributed by atoms with van der Waals surface area (Å²) in [6.45, 7) is 36.6. The summed E-state index contributed by atoms with van der Waals surface area (Å²) in [4.78, 5) is 0. The van der Waals surface area contributed by atoms with Crippen LogP contribution in [-0.2, 0) is 0 Å². The molecule has 0 aliphatic rings. The second-order valence-electron chi connectivity index (χ2n) is 19.4. The van der Waals surface area contributed by atoms with Gasteiger partial charge in [-0.05, 0) is 148 Å². The Bertz CT molecular complexity index is 1930. The number of hydrogen-bond acceptors (Lipinski definition) is 0. The highest BCUT2D eigenvalue weighted by Gasteiger charge is 2.21. The lowest BCUT2D eigenvalue weighted by Crippen LogP contribution is -2.02.